The summed E-state index contributed by atoms with van der Waals surface area (Å²) in [7, 11) is 0. The highest BCUT2D eigenvalue weighted by Gasteiger charge is 2.01. The van der Waals surface area contributed by atoms with E-state index in [1.54, 1.807) is 11.3 Å². The van der Waals surface area contributed by atoms with Crippen molar-refractivity contribution in [3.05, 3.63) is 77.2 Å². The fourth-order valence-corrected chi connectivity index (χ4v) is 3.23. The smallest absolute Gasteiger partial charge is 0.407 e. The highest BCUT2D eigenvalue weighted by Crippen LogP contribution is 2.24. The molecule has 0 unspecified atom stereocenters. The van der Waals surface area contributed by atoms with Crippen LogP contribution in [-0.2, 0) is 11.3 Å². The first-order valence-electron chi connectivity index (χ1n) is 7.90. The van der Waals surface area contributed by atoms with E-state index < -0.39 is 0 Å². The predicted octanol–water partition coefficient (Wildman–Crippen LogP) is 5.23. The Morgan fingerprint density at radius 3 is 2.83 bits per heavy atom. The Morgan fingerprint density at radius 1 is 1.08 bits per heavy atom. The van der Waals surface area contributed by atoms with Crippen LogP contribution in [0.1, 0.15) is 17.5 Å². The van der Waals surface area contributed by atoms with Crippen LogP contribution in [-0.4, -0.2) is 12.6 Å². The number of hydrogen-bond donors (Lipinski definition) is 1. The van der Waals surface area contributed by atoms with Gasteiger partial charge in [-0.15, -0.1) is 11.3 Å². The van der Waals surface area contributed by atoms with Crippen LogP contribution >= 0.6 is 11.3 Å². The second-order valence-corrected chi connectivity index (χ2v) is 6.31. The van der Waals surface area contributed by atoms with Gasteiger partial charge in [0.2, 0.25) is 0 Å². The van der Waals surface area contributed by atoms with E-state index in [2.05, 4.69) is 47.1 Å². The molecule has 3 nitrogen and oxygen atoms in total. The summed E-state index contributed by atoms with van der Waals surface area (Å²) in [5.74, 6) is 0. The number of alkyl carbamates (subject to hydrolysis) is 1. The lowest BCUT2D eigenvalue weighted by Gasteiger charge is -2.05. The van der Waals surface area contributed by atoms with Crippen LogP contribution in [0.3, 0.4) is 0 Å². The lowest BCUT2D eigenvalue weighted by molar-refractivity contribution is 0.140. The van der Waals surface area contributed by atoms with Crippen molar-refractivity contribution < 1.29 is 9.53 Å². The average molecular weight is 337 g/mol. The van der Waals surface area contributed by atoms with Gasteiger partial charge in [-0.05, 0) is 40.4 Å². The van der Waals surface area contributed by atoms with Crippen molar-refractivity contribution in [2.75, 3.05) is 6.54 Å². The molecular formula is C20H19NO2S. The molecule has 1 amide bonds. The van der Waals surface area contributed by atoms with Crippen molar-refractivity contribution in [2.45, 2.75) is 13.0 Å². The molecular weight excluding hydrogens is 318 g/mol. The Labute approximate surface area is 145 Å². The molecule has 0 fully saturated rings. The number of rotatable bonds is 6. The van der Waals surface area contributed by atoms with E-state index >= 15 is 0 Å². The Morgan fingerprint density at radius 2 is 1.96 bits per heavy atom. The molecule has 1 N–H and O–H groups in total. The summed E-state index contributed by atoms with van der Waals surface area (Å²) in [6, 6.07) is 18.1. The number of nitrogens with one attached hydrogen (secondary N) is 1. The van der Waals surface area contributed by atoms with E-state index in [4.69, 9.17) is 4.74 Å². The van der Waals surface area contributed by atoms with Crippen LogP contribution in [0.2, 0.25) is 0 Å². The van der Waals surface area contributed by atoms with Crippen LogP contribution in [0.4, 0.5) is 4.79 Å². The van der Waals surface area contributed by atoms with Gasteiger partial charge in [-0.25, -0.2) is 4.79 Å². The Bertz CT molecular complexity index is 824. The highest BCUT2D eigenvalue weighted by molar-refractivity contribution is 7.17. The minimum Gasteiger partial charge on any atom is -0.445 e. The Kier molecular flexibility index (Phi) is 5.64. The van der Waals surface area contributed by atoms with E-state index in [1.165, 1.54) is 15.6 Å². The van der Waals surface area contributed by atoms with Crippen LogP contribution in [0.25, 0.3) is 16.2 Å². The first kappa shape index (κ1) is 16.3. The van der Waals surface area contributed by atoms with Crippen molar-refractivity contribution in [2.24, 2.45) is 0 Å². The molecule has 0 atom stereocenters. The van der Waals surface area contributed by atoms with E-state index in [1.807, 2.05) is 30.3 Å². The molecule has 0 aliphatic carbocycles. The molecule has 2 aromatic carbocycles. The SMILES string of the molecule is O=C(NCCC=Cc1cccc2sccc12)OCc1ccccc1. The fraction of sp³-hybridized carbons (Fsp3) is 0.150. The van der Waals surface area contributed by atoms with Crippen molar-refractivity contribution in [3.8, 4) is 0 Å². The molecule has 3 aromatic rings. The maximum atomic E-state index is 11.6. The molecule has 1 aromatic heterocycles. The second-order valence-electron chi connectivity index (χ2n) is 5.36. The third kappa shape index (κ3) is 4.46. The number of hydrogen-bond acceptors (Lipinski definition) is 3. The molecule has 0 aliphatic rings. The van der Waals surface area contributed by atoms with Crippen molar-refractivity contribution in [1.82, 2.24) is 5.32 Å². The lowest BCUT2D eigenvalue weighted by Crippen LogP contribution is -2.24. The van der Waals surface area contributed by atoms with E-state index in [-0.39, 0.29) is 6.09 Å². The third-order valence-corrected chi connectivity index (χ3v) is 4.50. The minimum absolute atomic E-state index is 0.294. The van der Waals surface area contributed by atoms with Crippen LogP contribution in [0.15, 0.2) is 66.1 Å². The Hall–Kier alpha value is -2.59. The molecule has 0 saturated carbocycles. The molecule has 0 spiro atoms. The standard InChI is InChI=1S/C20H19NO2S/c22-20(23-15-16-7-2-1-3-8-16)21-13-5-4-9-17-10-6-11-19-18(17)12-14-24-19/h1-4,6-12,14H,5,13,15H2,(H,21,22). The maximum absolute atomic E-state index is 11.6. The van der Waals surface area contributed by atoms with Gasteiger partial charge in [0.25, 0.3) is 0 Å². The average Bonchev–Trinajstić information content (AvgIpc) is 3.10. The zero-order valence-corrected chi connectivity index (χ0v) is 14.1. The molecule has 0 aliphatic heterocycles. The van der Waals surface area contributed by atoms with E-state index in [9.17, 15) is 4.79 Å². The van der Waals surface area contributed by atoms with Crippen LogP contribution in [0, 0.1) is 0 Å². The maximum Gasteiger partial charge on any atom is 0.407 e. The monoisotopic (exact) mass is 337 g/mol. The van der Waals surface area contributed by atoms with Gasteiger partial charge in [0.1, 0.15) is 6.61 Å². The van der Waals surface area contributed by atoms with Gasteiger partial charge in [0.15, 0.2) is 0 Å². The van der Waals surface area contributed by atoms with Gasteiger partial charge >= 0.3 is 6.09 Å². The van der Waals surface area contributed by atoms with Crippen LogP contribution in [0.5, 0.6) is 0 Å². The van der Waals surface area contributed by atoms with E-state index in [0.717, 1.165) is 12.0 Å². The molecule has 24 heavy (non-hydrogen) atoms. The van der Waals surface area contributed by atoms with Crippen LogP contribution < -0.4 is 5.32 Å². The van der Waals surface area contributed by atoms with E-state index in [0.29, 0.717) is 13.2 Å². The molecule has 3 rings (SSSR count). The first-order valence-corrected chi connectivity index (χ1v) is 8.78. The summed E-state index contributed by atoms with van der Waals surface area (Å²) in [6.45, 7) is 0.854. The zero-order valence-electron chi connectivity index (χ0n) is 13.3. The molecule has 1 heterocycles. The number of ether oxygens (including phenoxy) is 1. The largest absolute Gasteiger partial charge is 0.445 e. The van der Waals surface area contributed by atoms with Gasteiger partial charge < -0.3 is 10.1 Å². The summed E-state index contributed by atoms with van der Waals surface area (Å²) in [5.41, 5.74) is 2.19. The number of carbonyl (C=O) groups is 1. The fourth-order valence-electron chi connectivity index (χ4n) is 2.40. The molecule has 0 radical (unpaired) electrons. The summed E-state index contributed by atoms with van der Waals surface area (Å²) >= 11 is 1.75. The van der Waals surface area contributed by atoms with Gasteiger partial charge in [0.05, 0.1) is 0 Å². The number of thiophene rings is 1. The lowest BCUT2D eigenvalue weighted by atomic mass is 10.1. The molecule has 4 heteroatoms. The quantitative estimate of drug-likeness (QED) is 0.625. The van der Waals surface area contributed by atoms with Gasteiger partial charge in [-0.1, -0.05) is 54.6 Å². The number of amides is 1. The third-order valence-electron chi connectivity index (χ3n) is 3.62. The van der Waals surface area contributed by atoms with Crippen molar-refractivity contribution >= 4 is 33.6 Å². The minimum atomic E-state index is -0.382. The van der Waals surface area contributed by atoms with Gasteiger partial charge in [-0.3, -0.25) is 0 Å². The number of fused-ring (bicyclic) bond motifs is 1. The van der Waals surface area contributed by atoms with Gasteiger partial charge in [0, 0.05) is 11.2 Å². The summed E-state index contributed by atoms with van der Waals surface area (Å²) in [6.07, 6.45) is 4.56. The summed E-state index contributed by atoms with van der Waals surface area (Å²) in [5, 5.41) is 6.14. The number of carbonyl (C=O) groups excluding carboxylic acids is 1. The normalized spacial score (nSPS) is 11.0. The topological polar surface area (TPSA) is 38.3 Å². The first-order chi connectivity index (χ1) is 11.8. The number of benzene rings is 2. The Balaban J connectivity index is 1.40. The molecule has 0 bridgehead atoms. The summed E-state index contributed by atoms with van der Waals surface area (Å²) < 4.78 is 6.46. The van der Waals surface area contributed by atoms with Gasteiger partial charge in [-0.2, -0.15) is 0 Å². The second kappa shape index (κ2) is 8.31. The molecule has 0 saturated heterocycles. The molecule has 122 valence electrons. The van der Waals surface area contributed by atoms with Crippen molar-refractivity contribution in [3.63, 3.8) is 0 Å². The zero-order chi connectivity index (χ0) is 16.6. The summed E-state index contributed by atoms with van der Waals surface area (Å²) in [4.78, 5) is 11.6. The van der Waals surface area contributed by atoms with Crippen molar-refractivity contribution in [1.29, 1.82) is 0 Å². The predicted molar refractivity (Wildman–Crippen MR) is 100 cm³/mol. The highest BCUT2D eigenvalue weighted by atomic mass is 32.1.